The van der Waals surface area contributed by atoms with Gasteiger partial charge >= 0.3 is 0 Å². The van der Waals surface area contributed by atoms with Gasteiger partial charge in [-0.15, -0.1) is 0 Å². The molecule has 0 fully saturated rings. The average Bonchev–Trinajstić information content (AvgIpc) is 2.77. The third-order valence-corrected chi connectivity index (χ3v) is 4.57. The summed E-state index contributed by atoms with van der Waals surface area (Å²) >= 11 is 6.13. The highest BCUT2D eigenvalue weighted by Crippen LogP contribution is 2.19. The molecule has 0 spiro atoms. The molecule has 0 aliphatic heterocycles. The number of hydrogen-bond donors (Lipinski definition) is 1. The van der Waals surface area contributed by atoms with Crippen LogP contribution in [0.5, 0.6) is 5.75 Å². The number of amides is 1. The number of ether oxygens (including phenoxy) is 1. The van der Waals surface area contributed by atoms with Crippen molar-refractivity contribution in [3.63, 3.8) is 0 Å². The molecule has 0 unspecified atom stereocenters. The van der Waals surface area contributed by atoms with E-state index < -0.39 is 5.91 Å². The first-order chi connectivity index (χ1) is 14.2. The van der Waals surface area contributed by atoms with E-state index >= 15 is 0 Å². The minimum Gasteiger partial charge on any atom is -0.489 e. The van der Waals surface area contributed by atoms with Crippen molar-refractivity contribution in [1.29, 1.82) is 5.26 Å². The van der Waals surface area contributed by atoms with E-state index in [0.29, 0.717) is 23.9 Å². The lowest BCUT2D eigenvalue weighted by Crippen LogP contribution is -2.23. The molecule has 0 atom stereocenters. The summed E-state index contributed by atoms with van der Waals surface area (Å²) in [6.07, 6.45) is 1.55. The molecular weight excluding hydrogens is 384 g/mol. The number of carbonyl (C=O) groups is 1. The Labute approximate surface area is 175 Å². The van der Waals surface area contributed by atoms with E-state index in [1.54, 1.807) is 30.3 Å². The molecule has 3 rings (SSSR count). The zero-order chi connectivity index (χ0) is 20.5. The van der Waals surface area contributed by atoms with E-state index in [0.717, 1.165) is 16.7 Å². The van der Waals surface area contributed by atoms with E-state index in [1.807, 2.05) is 60.7 Å². The van der Waals surface area contributed by atoms with Crippen LogP contribution in [0.4, 0.5) is 0 Å². The second-order valence-corrected chi connectivity index (χ2v) is 6.69. The molecule has 1 N–H and O–H groups in total. The van der Waals surface area contributed by atoms with Gasteiger partial charge in [0.1, 0.15) is 24.0 Å². The summed E-state index contributed by atoms with van der Waals surface area (Å²) in [6, 6.07) is 26.2. The van der Waals surface area contributed by atoms with Gasteiger partial charge in [0.05, 0.1) is 0 Å². The standard InChI is InChI=1S/C24H19ClN2O2/c25-23-9-5-4-8-20(23)17-29-22-12-10-18(11-13-22)14-21(15-26)24(28)27-16-19-6-2-1-3-7-19/h1-14H,16-17H2,(H,27,28)/b21-14-. The maximum Gasteiger partial charge on any atom is 0.262 e. The van der Waals surface area contributed by atoms with Gasteiger partial charge in [-0.1, -0.05) is 72.3 Å². The summed E-state index contributed by atoms with van der Waals surface area (Å²) in [5.41, 5.74) is 2.66. The Morgan fingerprint density at radius 3 is 2.38 bits per heavy atom. The minimum absolute atomic E-state index is 0.0469. The zero-order valence-corrected chi connectivity index (χ0v) is 16.4. The Morgan fingerprint density at radius 2 is 1.69 bits per heavy atom. The van der Waals surface area contributed by atoms with E-state index in [4.69, 9.17) is 16.3 Å². The van der Waals surface area contributed by atoms with Crippen LogP contribution < -0.4 is 10.1 Å². The van der Waals surface area contributed by atoms with Crippen LogP contribution in [0.3, 0.4) is 0 Å². The lowest BCUT2D eigenvalue weighted by atomic mass is 10.1. The first kappa shape index (κ1) is 20.2. The third kappa shape index (κ3) is 5.97. The van der Waals surface area contributed by atoms with Crippen molar-refractivity contribution in [2.45, 2.75) is 13.2 Å². The fourth-order valence-electron chi connectivity index (χ4n) is 2.63. The van der Waals surface area contributed by atoms with Crippen LogP contribution in [-0.4, -0.2) is 5.91 Å². The van der Waals surface area contributed by atoms with Gasteiger partial charge in [-0.2, -0.15) is 5.26 Å². The Morgan fingerprint density at radius 1 is 1.00 bits per heavy atom. The van der Waals surface area contributed by atoms with Gasteiger partial charge in [0.15, 0.2) is 0 Å². The molecule has 3 aromatic rings. The lowest BCUT2D eigenvalue weighted by molar-refractivity contribution is -0.117. The number of hydrogen-bond acceptors (Lipinski definition) is 3. The summed E-state index contributed by atoms with van der Waals surface area (Å²) in [4.78, 5) is 12.3. The predicted octanol–water partition coefficient (Wildman–Crippen LogP) is 5.14. The van der Waals surface area contributed by atoms with Crippen molar-refractivity contribution in [2.75, 3.05) is 0 Å². The average molecular weight is 403 g/mol. The van der Waals surface area contributed by atoms with Crippen molar-refractivity contribution in [1.82, 2.24) is 5.32 Å². The van der Waals surface area contributed by atoms with Crippen LogP contribution in [0.25, 0.3) is 6.08 Å². The predicted molar refractivity (Wildman–Crippen MR) is 114 cm³/mol. The molecule has 0 aliphatic rings. The number of rotatable bonds is 7. The van der Waals surface area contributed by atoms with Gasteiger partial charge in [0.25, 0.3) is 5.91 Å². The molecule has 5 heteroatoms. The van der Waals surface area contributed by atoms with E-state index in [2.05, 4.69) is 5.32 Å². The highest BCUT2D eigenvalue weighted by Gasteiger charge is 2.09. The van der Waals surface area contributed by atoms with Crippen molar-refractivity contribution < 1.29 is 9.53 Å². The second-order valence-electron chi connectivity index (χ2n) is 6.29. The van der Waals surface area contributed by atoms with Crippen molar-refractivity contribution >= 4 is 23.6 Å². The molecule has 1 amide bonds. The molecule has 0 saturated heterocycles. The van der Waals surface area contributed by atoms with Crippen LogP contribution in [0.1, 0.15) is 16.7 Å². The molecule has 0 aliphatic carbocycles. The molecule has 4 nitrogen and oxygen atoms in total. The molecule has 144 valence electrons. The number of carbonyl (C=O) groups excluding carboxylic acids is 1. The molecule has 0 saturated carbocycles. The highest BCUT2D eigenvalue weighted by atomic mass is 35.5. The fraction of sp³-hybridized carbons (Fsp3) is 0.0833. The lowest BCUT2D eigenvalue weighted by Gasteiger charge is -2.08. The van der Waals surface area contributed by atoms with Crippen molar-refractivity contribution in [2.24, 2.45) is 0 Å². The third-order valence-electron chi connectivity index (χ3n) is 4.20. The second kappa shape index (κ2) is 10.1. The number of nitriles is 1. The Hall–Kier alpha value is -3.55. The molecular formula is C24H19ClN2O2. The summed E-state index contributed by atoms with van der Waals surface area (Å²) in [5, 5.41) is 12.7. The largest absolute Gasteiger partial charge is 0.489 e. The number of benzene rings is 3. The topological polar surface area (TPSA) is 62.1 Å². The number of nitrogens with one attached hydrogen (secondary N) is 1. The number of nitrogens with zero attached hydrogens (tertiary/aromatic N) is 1. The highest BCUT2D eigenvalue weighted by molar-refractivity contribution is 6.31. The smallest absolute Gasteiger partial charge is 0.262 e. The molecule has 0 bridgehead atoms. The maximum absolute atomic E-state index is 12.3. The minimum atomic E-state index is -0.407. The maximum atomic E-state index is 12.3. The summed E-state index contributed by atoms with van der Waals surface area (Å²) in [6.45, 7) is 0.730. The van der Waals surface area contributed by atoms with Crippen LogP contribution in [0, 0.1) is 11.3 Å². The normalized spacial score (nSPS) is 10.8. The zero-order valence-electron chi connectivity index (χ0n) is 15.6. The van der Waals surface area contributed by atoms with E-state index in [-0.39, 0.29) is 5.57 Å². The van der Waals surface area contributed by atoms with Gasteiger partial charge in [0, 0.05) is 17.1 Å². The van der Waals surface area contributed by atoms with Crippen LogP contribution in [0.2, 0.25) is 5.02 Å². The Balaban J connectivity index is 1.60. The van der Waals surface area contributed by atoms with Crippen LogP contribution >= 0.6 is 11.6 Å². The summed E-state index contributed by atoms with van der Waals surface area (Å²) in [5.74, 6) is 0.268. The Bertz CT molecular complexity index is 1040. The van der Waals surface area contributed by atoms with Crippen LogP contribution in [-0.2, 0) is 17.9 Å². The molecule has 0 heterocycles. The Kier molecular flexibility index (Phi) is 7.05. The summed E-state index contributed by atoms with van der Waals surface area (Å²) < 4.78 is 5.74. The molecule has 29 heavy (non-hydrogen) atoms. The quantitative estimate of drug-likeness (QED) is 0.439. The van der Waals surface area contributed by atoms with Gasteiger partial charge in [-0.25, -0.2) is 0 Å². The van der Waals surface area contributed by atoms with Gasteiger partial charge < -0.3 is 10.1 Å². The van der Waals surface area contributed by atoms with Gasteiger partial charge in [-0.3, -0.25) is 4.79 Å². The molecule has 3 aromatic carbocycles. The molecule has 0 radical (unpaired) electrons. The van der Waals surface area contributed by atoms with Gasteiger partial charge in [0.2, 0.25) is 0 Å². The van der Waals surface area contributed by atoms with E-state index in [1.165, 1.54) is 0 Å². The first-order valence-electron chi connectivity index (χ1n) is 9.06. The molecule has 0 aromatic heterocycles. The van der Waals surface area contributed by atoms with Crippen LogP contribution in [0.15, 0.2) is 84.4 Å². The summed E-state index contributed by atoms with van der Waals surface area (Å²) in [7, 11) is 0. The SMILES string of the molecule is N#C/C(=C/c1ccc(OCc2ccccc2Cl)cc1)C(=O)NCc1ccccc1. The monoisotopic (exact) mass is 402 g/mol. The fourth-order valence-corrected chi connectivity index (χ4v) is 2.82. The van der Waals surface area contributed by atoms with E-state index in [9.17, 15) is 10.1 Å². The van der Waals surface area contributed by atoms with Crippen molar-refractivity contribution in [3.8, 4) is 11.8 Å². The van der Waals surface area contributed by atoms with Crippen molar-refractivity contribution in [3.05, 3.63) is 106 Å². The van der Waals surface area contributed by atoms with Gasteiger partial charge in [-0.05, 0) is 35.4 Å². The number of halogens is 1. The first-order valence-corrected chi connectivity index (χ1v) is 9.43.